The second-order valence-corrected chi connectivity index (χ2v) is 26.2. The van der Waals surface area contributed by atoms with E-state index in [1.807, 2.05) is 0 Å². The monoisotopic (exact) mass is 1180 g/mol. The van der Waals surface area contributed by atoms with E-state index in [9.17, 15) is 0 Å². The van der Waals surface area contributed by atoms with E-state index in [4.69, 9.17) is 0 Å². The number of benzene rings is 16. The molecule has 436 valence electrons. The molecule has 0 bridgehead atoms. The van der Waals surface area contributed by atoms with Gasteiger partial charge in [0.2, 0.25) is 0 Å². The van der Waals surface area contributed by atoms with E-state index in [-0.39, 0.29) is 12.1 Å². The van der Waals surface area contributed by atoms with Crippen molar-refractivity contribution in [1.82, 2.24) is 0 Å². The van der Waals surface area contributed by atoms with Crippen LogP contribution in [0.1, 0.15) is 26.3 Å². The summed E-state index contributed by atoms with van der Waals surface area (Å²) in [4.78, 5) is 5.35. The molecule has 0 atom stereocenters. The van der Waals surface area contributed by atoms with Crippen LogP contribution in [0.4, 0.5) is 34.1 Å². The Morgan fingerprint density at radius 1 is 0.247 bits per heavy atom. The Kier molecular flexibility index (Phi) is 12.6. The summed E-state index contributed by atoms with van der Waals surface area (Å²) < 4.78 is 0. The highest BCUT2D eigenvalue weighted by atomic mass is 15.2. The highest BCUT2D eigenvalue weighted by Gasteiger charge is 2.46. The van der Waals surface area contributed by atoms with Gasteiger partial charge in [0, 0.05) is 45.0 Å². The van der Waals surface area contributed by atoms with Crippen molar-refractivity contribution in [3.8, 4) is 77.9 Å². The molecule has 0 spiro atoms. The Labute approximate surface area is 544 Å². The average molecular weight is 1180 g/mol. The summed E-state index contributed by atoms with van der Waals surface area (Å²) in [7, 11) is 0. The summed E-state index contributed by atoms with van der Waals surface area (Å²) >= 11 is 0. The van der Waals surface area contributed by atoms with Gasteiger partial charge in [0.15, 0.2) is 0 Å². The molecule has 0 saturated heterocycles. The van der Waals surface area contributed by atoms with E-state index in [1.165, 1.54) is 81.7 Å². The molecule has 2 aliphatic rings. The van der Waals surface area contributed by atoms with Gasteiger partial charge in [0.25, 0.3) is 6.71 Å². The van der Waals surface area contributed by atoms with Crippen molar-refractivity contribution >= 4 is 100 Å². The Bertz CT molecular complexity index is 5420. The van der Waals surface area contributed by atoms with Crippen LogP contribution in [0.5, 0.6) is 0 Å². The van der Waals surface area contributed by atoms with Gasteiger partial charge in [-0.25, -0.2) is 0 Å². The number of hydrogen-bond donors (Lipinski definition) is 0. The zero-order chi connectivity index (χ0) is 61.9. The first-order valence-corrected chi connectivity index (χ1v) is 32.6. The Balaban J connectivity index is 1.00. The fourth-order valence-electron chi connectivity index (χ4n) is 15.7. The topological polar surface area (TPSA) is 6.48 Å². The Hall–Kier alpha value is -11.5. The lowest BCUT2D eigenvalue weighted by molar-refractivity contribution is 0.590. The van der Waals surface area contributed by atoms with Crippen LogP contribution in [0.25, 0.3) is 121 Å². The fraction of sp³-hybridized carbons (Fsp3) is 0.0444. The molecular weight excluding hydrogens is 1120 g/mol. The molecule has 2 aliphatic heterocycles. The second kappa shape index (κ2) is 21.6. The van der Waals surface area contributed by atoms with Gasteiger partial charge >= 0.3 is 0 Å². The van der Waals surface area contributed by atoms with Crippen LogP contribution in [-0.4, -0.2) is 6.71 Å². The normalized spacial score (nSPS) is 12.6. The molecule has 0 saturated carbocycles. The summed E-state index contributed by atoms with van der Waals surface area (Å²) in [6.07, 6.45) is 0. The number of hydrogen-bond acceptors (Lipinski definition) is 2. The minimum absolute atomic E-state index is 0.0302. The van der Waals surface area contributed by atoms with Crippen molar-refractivity contribution in [2.24, 2.45) is 0 Å². The maximum absolute atomic E-state index is 2.69. The number of nitrogens with zero attached hydrogens (tertiary/aromatic N) is 2. The lowest BCUT2D eigenvalue weighted by atomic mass is 9.33. The van der Waals surface area contributed by atoms with Crippen LogP contribution in [-0.2, 0) is 5.41 Å². The smallest absolute Gasteiger partial charge is 0.252 e. The molecule has 93 heavy (non-hydrogen) atoms. The van der Waals surface area contributed by atoms with Gasteiger partial charge in [0.05, 0.1) is 11.4 Å². The molecule has 16 aromatic carbocycles. The molecule has 2 nitrogen and oxygen atoms in total. The van der Waals surface area contributed by atoms with Gasteiger partial charge in [-0.1, -0.05) is 324 Å². The van der Waals surface area contributed by atoms with Gasteiger partial charge in [-0.05, 0) is 150 Å². The van der Waals surface area contributed by atoms with Crippen molar-refractivity contribution in [3.63, 3.8) is 0 Å². The molecule has 0 aromatic heterocycles. The van der Waals surface area contributed by atoms with E-state index in [0.717, 1.165) is 95.3 Å². The van der Waals surface area contributed by atoms with Crippen molar-refractivity contribution < 1.29 is 0 Å². The average Bonchev–Trinajstić information content (AvgIpc) is 0.694. The number of fused-ring (bicyclic) bond motifs is 6. The first kappa shape index (κ1) is 54.4. The van der Waals surface area contributed by atoms with Crippen LogP contribution in [0, 0.1) is 0 Å². The molecule has 2 heterocycles. The minimum Gasteiger partial charge on any atom is -0.310 e. The van der Waals surface area contributed by atoms with Gasteiger partial charge in [-0.3, -0.25) is 0 Å². The Morgan fingerprint density at radius 2 is 0.656 bits per heavy atom. The summed E-state index contributed by atoms with van der Waals surface area (Å²) in [5.74, 6) is 0. The maximum atomic E-state index is 2.69. The van der Waals surface area contributed by atoms with Crippen molar-refractivity contribution in [2.75, 3.05) is 9.80 Å². The molecule has 18 rings (SSSR count). The Morgan fingerprint density at radius 3 is 1.17 bits per heavy atom. The van der Waals surface area contributed by atoms with Crippen molar-refractivity contribution in [3.05, 3.63) is 333 Å². The van der Waals surface area contributed by atoms with E-state index >= 15 is 0 Å². The zero-order valence-electron chi connectivity index (χ0n) is 52.1. The molecule has 16 aromatic rings. The van der Waals surface area contributed by atoms with Gasteiger partial charge < -0.3 is 9.80 Å². The number of para-hydroxylation sites is 2. The molecule has 0 radical (unpaired) electrons. The summed E-state index contributed by atoms with van der Waals surface area (Å²) in [6, 6.07) is 123. The predicted molar refractivity (Wildman–Crippen MR) is 398 cm³/mol. The third-order valence-corrected chi connectivity index (χ3v) is 20.0. The highest BCUT2D eigenvalue weighted by molar-refractivity contribution is 7.00. The maximum Gasteiger partial charge on any atom is 0.252 e. The van der Waals surface area contributed by atoms with Crippen LogP contribution in [0.2, 0.25) is 0 Å². The van der Waals surface area contributed by atoms with E-state index < -0.39 is 0 Å². The summed E-state index contributed by atoms with van der Waals surface area (Å²) in [6.45, 7) is 6.71. The molecule has 0 amide bonds. The van der Waals surface area contributed by atoms with Crippen molar-refractivity contribution in [2.45, 2.75) is 26.2 Å². The molecule has 0 aliphatic carbocycles. The van der Waals surface area contributed by atoms with Gasteiger partial charge in [-0.2, -0.15) is 0 Å². The first-order valence-electron chi connectivity index (χ1n) is 32.6. The molecule has 0 unspecified atom stereocenters. The third-order valence-electron chi connectivity index (χ3n) is 20.0. The largest absolute Gasteiger partial charge is 0.310 e. The van der Waals surface area contributed by atoms with E-state index in [2.05, 4.69) is 358 Å². The predicted octanol–water partition coefficient (Wildman–Crippen LogP) is 22.8. The molecule has 0 N–H and O–H groups in total. The van der Waals surface area contributed by atoms with Crippen LogP contribution in [0.15, 0.2) is 328 Å². The second-order valence-electron chi connectivity index (χ2n) is 26.2. The van der Waals surface area contributed by atoms with Crippen molar-refractivity contribution in [1.29, 1.82) is 0 Å². The minimum atomic E-state index is -0.205. The lowest BCUT2D eigenvalue weighted by Crippen LogP contribution is -2.61. The van der Waals surface area contributed by atoms with E-state index in [0.29, 0.717) is 0 Å². The zero-order valence-corrected chi connectivity index (χ0v) is 52.1. The van der Waals surface area contributed by atoms with Crippen LogP contribution in [0.3, 0.4) is 0 Å². The SMILES string of the molecule is CC(C)(C)c1ccc(-c2cc3c4c(c2)N(c2c(-c5ccccc5)cccc2-c2ccccc2)c2cc(-c5ccc6c7cccc8cccc(c9cccc5c96)c87)ccc2B4c2cc(-c4ccccc4)ccc2N3c2c(-c3ccccc3)cccc2-c2ccccc2)cc1. The highest BCUT2D eigenvalue weighted by Crippen LogP contribution is 2.55. The van der Waals surface area contributed by atoms with Gasteiger partial charge in [-0.15, -0.1) is 0 Å². The van der Waals surface area contributed by atoms with Crippen LogP contribution >= 0.6 is 0 Å². The fourth-order valence-corrected chi connectivity index (χ4v) is 15.7. The van der Waals surface area contributed by atoms with Crippen LogP contribution < -0.4 is 26.2 Å². The van der Waals surface area contributed by atoms with E-state index in [1.54, 1.807) is 0 Å². The molecule has 3 heteroatoms. The number of anilines is 6. The third kappa shape index (κ3) is 8.79. The number of rotatable bonds is 9. The first-order chi connectivity index (χ1) is 45.8. The molecular formula is C90H63BN2. The summed E-state index contributed by atoms with van der Waals surface area (Å²) in [5, 5.41) is 10.3. The summed E-state index contributed by atoms with van der Waals surface area (Å²) in [5.41, 5.74) is 28.1. The lowest BCUT2D eigenvalue weighted by Gasteiger charge is -2.46. The van der Waals surface area contributed by atoms with Gasteiger partial charge in [0.1, 0.15) is 0 Å². The standard InChI is InChI=1S/C90H63BN2/c1-90(2,3)68-48-44-59(45-49-68)67-56-83-87-84(57-67)93(89-72(62-30-15-7-16-31-62)38-22-39-73(89)63-32-17-8-18-33-63)82-55-66(69-50-51-78-76-41-20-35-64-34-19-40-75(85(64)76)77-43-23-42-74(69)86(77)78)46-52-79(82)91(87)80-54-65(58-24-9-4-10-25-58)47-53-81(80)92(83)88-70(60-26-11-5-12-27-60)36-21-37-71(88)61-28-13-6-14-29-61/h4-57H,1-3H3. The molecule has 0 fully saturated rings. The quantitative estimate of drug-likeness (QED) is 0.0807.